The number of rotatable bonds is 11. The number of amides is 3. The number of thioether (sulfide) groups is 1. The van der Waals surface area contributed by atoms with E-state index in [-0.39, 0.29) is 17.5 Å². The number of carbonyl (C=O) groups is 3. The summed E-state index contributed by atoms with van der Waals surface area (Å²) < 4.78 is 0. The molecule has 45 heavy (non-hydrogen) atoms. The molecule has 6 nitrogen and oxygen atoms in total. The molecule has 8 heteroatoms. The second kappa shape index (κ2) is 15.2. The summed E-state index contributed by atoms with van der Waals surface area (Å²) in [5.41, 5.74) is 5.00. The van der Waals surface area contributed by atoms with Crippen LogP contribution in [0.3, 0.4) is 0 Å². The van der Waals surface area contributed by atoms with Gasteiger partial charge >= 0.3 is 0 Å². The molecule has 4 aromatic carbocycles. The van der Waals surface area contributed by atoms with Gasteiger partial charge in [-0.05, 0) is 84.0 Å². The van der Waals surface area contributed by atoms with Gasteiger partial charge in [0.15, 0.2) is 0 Å². The first kappa shape index (κ1) is 31.5. The third-order valence-electron chi connectivity index (χ3n) is 7.05. The molecule has 1 heterocycles. The van der Waals surface area contributed by atoms with Gasteiger partial charge in [-0.3, -0.25) is 14.4 Å². The lowest BCUT2D eigenvalue weighted by atomic mass is 10.1. The van der Waals surface area contributed by atoms with Crippen LogP contribution in [0.1, 0.15) is 44.1 Å². The highest BCUT2D eigenvalue weighted by atomic mass is 32.2. The Balaban J connectivity index is 1.32. The highest BCUT2D eigenvalue weighted by Gasteiger charge is 2.24. The highest BCUT2D eigenvalue weighted by Crippen LogP contribution is 2.37. The summed E-state index contributed by atoms with van der Waals surface area (Å²) in [7, 11) is 0. The molecular formula is C37H33N3O3S2. The Morgan fingerprint density at radius 2 is 1.51 bits per heavy atom. The van der Waals surface area contributed by atoms with Crippen molar-refractivity contribution >= 4 is 58.3 Å². The van der Waals surface area contributed by atoms with Crippen molar-refractivity contribution in [3.8, 4) is 0 Å². The number of para-hydroxylation sites is 1. The van der Waals surface area contributed by atoms with Crippen LogP contribution in [0, 0.1) is 6.92 Å². The Morgan fingerprint density at radius 1 is 0.800 bits per heavy atom. The summed E-state index contributed by atoms with van der Waals surface area (Å²) in [6.07, 6.45) is 2.47. The van der Waals surface area contributed by atoms with Crippen LogP contribution in [0.15, 0.2) is 131 Å². The number of anilines is 2. The van der Waals surface area contributed by atoms with Crippen molar-refractivity contribution in [2.24, 2.45) is 0 Å². The molecule has 5 aromatic rings. The number of thiophene rings is 1. The van der Waals surface area contributed by atoms with E-state index in [1.165, 1.54) is 23.1 Å². The first-order valence-electron chi connectivity index (χ1n) is 14.5. The van der Waals surface area contributed by atoms with Gasteiger partial charge < -0.3 is 16.0 Å². The molecule has 1 atom stereocenters. The molecule has 0 spiro atoms. The van der Waals surface area contributed by atoms with E-state index in [0.717, 1.165) is 38.6 Å². The van der Waals surface area contributed by atoms with Crippen LogP contribution in [0.25, 0.3) is 6.08 Å². The van der Waals surface area contributed by atoms with Gasteiger partial charge in [-0.25, -0.2) is 0 Å². The summed E-state index contributed by atoms with van der Waals surface area (Å²) in [6, 6.07) is 35.6. The summed E-state index contributed by atoms with van der Waals surface area (Å²) in [4.78, 5) is 41.6. The Bertz CT molecular complexity index is 1790. The van der Waals surface area contributed by atoms with E-state index in [2.05, 4.69) is 22.9 Å². The largest absolute Gasteiger partial charge is 0.324 e. The van der Waals surface area contributed by atoms with Crippen molar-refractivity contribution in [2.75, 3.05) is 10.6 Å². The van der Waals surface area contributed by atoms with Crippen LogP contribution in [0.2, 0.25) is 0 Å². The SMILES string of the molecule is CCc1cccc(C)c1NC(=O)C(Sc1ccc(NC(=O)/C(=C/c2cccs2)NC(=O)c2ccccc2)cc1)c1ccccc1. The summed E-state index contributed by atoms with van der Waals surface area (Å²) in [6.45, 7) is 4.08. The third-order valence-corrected chi connectivity index (χ3v) is 9.14. The Kier molecular flexibility index (Phi) is 10.6. The van der Waals surface area contributed by atoms with Crippen LogP contribution in [-0.2, 0) is 16.0 Å². The van der Waals surface area contributed by atoms with Gasteiger partial charge in [0.1, 0.15) is 10.9 Å². The fraction of sp³-hybridized carbons (Fsp3) is 0.108. The van der Waals surface area contributed by atoms with E-state index in [1.807, 2.05) is 91.2 Å². The number of benzene rings is 4. The zero-order valence-electron chi connectivity index (χ0n) is 25.0. The van der Waals surface area contributed by atoms with Crippen molar-refractivity contribution in [3.05, 3.63) is 153 Å². The molecule has 0 fully saturated rings. The standard InChI is InChI=1S/C37H33N3O3S2/c1-3-26-17-10-12-25(2)33(26)40-37(43)34(27-13-6-4-7-14-27)45-30-21-19-29(20-22-30)38-36(42)32(24-31-18-11-23-44-31)39-35(41)28-15-8-5-9-16-28/h4-24,34H,3H2,1-2H3,(H,38,42)(H,39,41)(H,40,43)/b32-24-. The number of hydrogen-bond acceptors (Lipinski definition) is 5. The number of carbonyl (C=O) groups excluding carboxylic acids is 3. The molecule has 1 unspecified atom stereocenters. The number of aryl methyl sites for hydroxylation is 2. The zero-order valence-corrected chi connectivity index (χ0v) is 26.6. The van der Waals surface area contributed by atoms with Crippen molar-refractivity contribution in [2.45, 2.75) is 30.4 Å². The lowest BCUT2D eigenvalue weighted by Crippen LogP contribution is -2.30. The number of nitrogens with one attached hydrogen (secondary N) is 3. The fourth-order valence-electron chi connectivity index (χ4n) is 4.70. The molecule has 0 radical (unpaired) electrons. The summed E-state index contributed by atoms with van der Waals surface area (Å²) >= 11 is 2.91. The number of hydrogen-bond donors (Lipinski definition) is 3. The molecule has 3 amide bonds. The predicted molar refractivity (Wildman–Crippen MR) is 186 cm³/mol. The molecule has 0 saturated heterocycles. The van der Waals surface area contributed by atoms with Crippen molar-refractivity contribution in [3.63, 3.8) is 0 Å². The first-order valence-corrected chi connectivity index (χ1v) is 16.3. The average Bonchev–Trinajstić information content (AvgIpc) is 3.59. The molecule has 0 aliphatic carbocycles. The van der Waals surface area contributed by atoms with Crippen LogP contribution >= 0.6 is 23.1 Å². The van der Waals surface area contributed by atoms with Gasteiger partial charge in [0.2, 0.25) is 5.91 Å². The molecular weight excluding hydrogens is 599 g/mol. The van der Waals surface area contributed by atoms with E-state index in [0.29, 0.717) is 11.3 Å². The van der Waals surface area contributed by atoms with Gasteiger partial charge in [-0.15, -0.1) is 23.1 Å². The first-order chi connectivity index (χ1) is 21.9. The predicted octanol–water partition coefficient (Wildman–Crippen LogP) is 8.50. The Hall–Kier alpha value is -4.92. The fourth-order valence-corrected chi connectivity index (χ4v) is 6.38. The minimum atomic E-state index is -0.496. The maximum absolute atomic E-state index is 13.7. The van der Waals surface area contributed by atoms with E-state index in [4.69, 9.17) is 0 Å². The van der Waals surface area contributed by atoms with Gasteiger partial charge in [0, 0.05) is 26.7 Å². The summed E-state index contributed by atoms with van der Waals surface area (Å²) in [5, 5.41) is 10.2. The van der Waals surface area contributed by atoms with Gasteiger partial charge in [-0.1, -0.05) is 79.7 Å². The lowest BCUT2D eigenvalue weighted by Gasteiger charge is -2.20. The average molecular weight is 632 g/mol. The van der Waals surface area contributed by atoms with Crippen LogP contribution in [0.4, 0.5) is 11.4 Å². The molecule has 0 bridgehead atoms. The quantitative estimate of drug-likeness (QED) is 0.101. The monoisotopic (exact) mass is 631 g/mol. The molecule has 0 aliphatic heterocycles. The van der Waals surface area contributed by atoms with Gasteiger partial charge in [0.05, 0.1) is 0 Å². The smallest absolute Gasteiger partial charge is 0.272 e. The van der Waals surface area contributed by atoms with Gasteiger partial charge in [-0.2, -0.15) is 0 Å². The molecule has 226 valence electrons. The van der Waals surface area contributed by atoms with Crippen LogP contribution in [0.5, 0.6) is 0 Å². The lowest BCUT2D eigenvalue weighted by molar-refractivity contribution is -0.116. The molecule has 5 rings (SSSR count). The van der Waals surface area contributed by atoms with E-state index in [9.17, 15) is 14.4 Å². The molecule has 0 aliphatic rings. The summed E-state index contributed by atoms with van der Waals surface area (Å²) in [5.74, 6) is -0.924. The minimum Gasteiger partial charge on any atom is -0.324 e. The minimum absolute atomic E-state index is 0.106. The van der Waals surface area contributed by atoms with Gasteiger partial charge in [0.25, 0.3) is 11.8 Å². The topological polar surface area (TPSA) is 87.3 Å². The second-order valence-electron chi connectivity index (χ2n) is 10.2. The maximum Gasteiger partial charge on any atom is 0.272 e. The normalized spacial score (nSPS) is 11.8. The van der Waals surface area contributed by atoms with Crippen LogP contribution in [-0.4, -0.2) is 17.7 Å². The highest BCUT2D eigenvalue weighted by molar-refractivity contribution is 8.00. The van der Waals surface area contributed by atoms with E-state index in [1.54, 1.807) is 42.5 Å². The van der Waals surface area contributed by atoms with Crippen LogP contribution < -0.4 is 16.0 Å². The third kappa shape index (κ3) is 8.38. The molecule has 3 N–H and O–H groups in total. The Labute approximate surface area is 271 Å². The van der Waals surface area contributed by atoms with E-state index >= 15 is 0 Å². The van der Waals surface area contributed by atoms with Crippen molar-refractivity contribution in [1.82, 2.24) is 5.32 Å². The second-order valence-corrected chi connectivity index (χ2v) is 12.4. The molecule has 0 saturated carbocycles. The van der Waals surface area contributed by atoms with Crippen molar-refractivity contribution < 1.29 is 14.4 Å². The van der Waals surface area contributed by atoms with Crippen molar-refractivity contribution in [1.29, 1.82) is 0 Å². The maximum atomic E-state index is 13.7. The molecule has 1 aromatic heterocycles. The zero-order chi connectivity index (χ0) is 31.6. The Morgan fingerprint density at radius 3 is 2.18 bits per heavy atom. The van der Waals surface area contributed by atoms with E-state index < -0.39 is 11.2 Å².